The molecule has 1 amide bonds. The van der Waals surface area contributed by atoms with Gasteiger partial charge >= 0.3 is 0 Å². The first-order valence-electron chi connectivity index (χ1n) is 8.92. The van der Waals surface area contributed by atoms with Crippen molar-refractivity contribution in [3.63, 3.8) is 0 Å². The Balaban J connectivity index is 1.62. The molecule has 2 aromatic carbocycles. The molecule has 7 heteroatoms. The number of hydrogen-bond donors (Lipinski definition) is 2. The number of amides is 1. The molecule has 0 radical (unpaired) electrons. The number of anilines is 1. The molecule has 0 fully saturated rings. The number of aromatic amines is 1. The van der Waals surface area contributed by atoms with Crippen LogP contribution in [-0.2, 0) is 11.2 Å². The van der Waals surface area contributed by atoms with E-state index in [0.717, 1.165) is 33.2 Å². The van der Waals surface area contributed by atoms with Gasteiger partial charge in [0.25, 0.3) is 0 Å². The van der Waals surface area contributed by atoms with Crippen LogP contribution in [0.1, 0.15) is 11.1 Å². The van der Waals surface area contributed by atoms with Gasteiger partial charge in [-0.1, -0.05) is 24.3 Å². The first-order valence-corrected chi connectivity index (χ1v) is 8.92. The third-order valence-electron chi connectivity index (χ3n) is 4.62. The van der Waals surface area contributed by atoms with Crippen LogP contribution in [0, 0.1) is 11.3 Å². The molecule has 0 bridgehead atoms. The van der Waals surface area contributed by atoms with E-state index in [9.17, 15) is 10.1 Å². The molecule has 0 unspecified atom stereocenters. The summed E-state index contributed by atoms with van der Waals surface area (Å²) in [6, 6.07) is 15.2. The average molecular weight is 383 g/mol. The standard InChI is InChI=1S/C22H17N5O2/c1-29-18-6-2-14(3-7-18)8-21(28)27-22-20(10-23)19-9-15(17-12-25-26-13-17)4-5-16(19)11-24-22/h2-7,9,11-13H,8H2,1H3,(H,25,26)(H,24,27,28). The van der Waals surface area contributed by atoms with Gasteiger partial charge in [0.1, 0.15) is 17.4 Å². The van der Waals surface area contributed by atoms with Gasteiger partial charge < -0.3 is 10.1 Å². The molecule has 0 aliphatic heterocycles. The van der Waals surface area contributed by atoms with Crippen molar-refractivity contribution in [2.75, 3.05) is 12.4 Å². The van der Waals surface area contributed by atoms with Crippen molar-refractivity contribution in [3.05, 3.63) is 72.2 Å². The van der Waals surface area contributed by atoms with Crippen molar-refractivity contribution in [2.45, 2.75) is 6.42 Å². The smallest absolute Gasteiger partial charge is 0.229 e. The summed E-state index contributed by atoms with van der Waals surface area (Å²) in [4.78, 5) is 16.8. The topological polar surface area (TPSA) is 104 Å². The minimum atomic E-state index is -0.246. The fourth-order valence-electron chi connectivity index (χ4n) is 3.11. The van der Waals surface area contributed by atoms with E-state index in [2.05, 4.69) is 26.6 Å². The number of rotatable bonds is 5. The summed E-state index contributed by atoms with van der Waals surface area (Å²) in [5.41, 5.74) is 3.00. The SMILES string of the molecule is COc1ccc(CC(=O)Nc2ncc3ccc(-c4cn[nH]c4)cc3c2C#N)cc1. The summed E-state index contributed by atoms with van der Waals surface area (Å²) in [6.45, 7) is 0. The highest BCUT2D eigenvalue weighted by atomic mass is 16.5. The van der Waals surface area contributed by atoms with Gasteiger partial charge in [0.2, 0.25) is 5.91 Å². The Morgan fingerprint density at radius 3 is 2.69 bits per heavy atom. The van der Waals surface area contributed by atoms with Gasteiger partial charge in [-0.05, 0) is 29.3 Å². The average Bonchev–Trinajstić information content (AvgIpc) is 3.28. The number of carbonyl (C=O) groups is 1. The lowest BCUT2D eigenvalue weighted by atomic mass is 10.0. The molecule has 142 valence electrons. The van der Waals surface area contributed by atoms with Gasteiger partial charge in [-0.15, -0.1) is 0 Å². The fourth-order valence-corrected chi connectivity index (χ4v) is 3.11. The summed E-state index contributed by atoms with van der Waals surface area (Å²) in [5.74, 6) is 0.734. The summed E-state index contributed by atoms with van der Waals surface area (Å²) in [6.07, 6.45) is 5.32. The molecule has 4 aromatic rings. The number of benzene rings is 2. The van der Waals surface area contributed by atoms with E-state index < -0.39 is 0 Å². The first-order chi connectivity index (χ1) is 14.2. The van der Waals surface area contributed by atoms with E-state index in [1.165, 1.54) is 0 Å². The second-order valence-corrected chi connectivity index (χ2v) is 6.46. The Morgan fingerprint density at radius 2 is 2.00 bits per heavy atom. The second-order valence-electron chi connectivity index (χ2n) is 6.46. The molecular weight excluding hydrogens is 366 g/mol. The van der Waals surface area contributed by atoms with E-state index in [-0.39, 0.29) is 18.1 Å². The van der Waals surface area contributed by atoms with Gasteiger partial charge in [-0.2, -0.15) is 10.4 Å². The highest BCUT2D eigenvalue weighted by molar-refractivity contribution is 5.99. The van der Waals surface area contributed by atoms with Gasteiger partial charge in [0.05, 0.1) is 19.7 Å². The largest absolute Gasteiger partial charge is 0.497 e. The first kappa shape index (κ1) is 18.2. The number of pyridine rings is 1. The maximum absolute atomic E-state index is 12.5. The van der Waals surface area contributed by atoms with Crippen molar-refractivity contribution in [2.24, 2.45) is 0 Å². The van der Waals surface area contributed by atoms with E-state index in [1.54, 1.807) is 37.8 Å². The van der Waals surface area contributed by atoms with Gasteiger partial charge in [0, 0.05) is 28.7 Å². The Hall–Kier alpha value is -4.18. The quantitative estimate of drug-likeness (QED) is 0.547. The summed E-state index contributed by atoms with van der Waals surface area (Å²) >= 11 is 0. The molecule has 2 N–H and O–H groups in total. The molecule has 0 aliphatic rings. The van der Waals surface area contributed by atoms with E-state index in [0.29, 0.717) is 5.56 Å². The Kier molecular flexibility index (Phi) is 4.91. The maximum Gasteiger partial charge on any atom is 0.229 e. The van der Waals surface area contributed by atoms with Crippen LogP contribution in [0.2, 0.25) is 0 Å². The molecule has 4 rings (SSSR count). The van der Waals surface area contributed by atoms with Crippen LogP contribution in [0.5, 0.6) is 5.75 Å². The minimum Gasteiger partial charge on any atom is -0.497 e. The van der Waals surface area contributed by atoms with Gasteiger partial charge in [-0.3, -0.25) is 9.89 Å². The van der Waals surface area contributed by atoms with Crippen LogP contribution < -0.4 is 10.1 Å². The molecule has 7 nitrogen and oxygen atoms in total. The van der Waals surface area contributed by atoms with Gasteiger partial charge in [-0.25, -0.2) is 4.98 Å². The van der Waals surface area contributed by atoms with Crippen molar-refractivity contribution in [1.82, 2.24) is 15.2 Å². The number of methoxy groups -OCH3 is 1. The lowest BCUT2D eigenvalue weighted by Gasteiger charge is -2.10. The number of H-pyrrole nitrogens is 1. The number of ether oxygens (including phenoxy) is 1. The molecule has 0 spiro atoms. The van der Waals surface area contributed by atoms with E-state index >= 15 is 0 Å². The molecule has 29 heavy (non-hydrogen) atoms. The zero-order valence-electron chi connectivity index (χ0n) is 15.6. The maximum atomic E-state index is 12.5. The fraction of sp³-hybridized carbons (Fsp3) is 0.0909. The Bertz CT molecular complexity index is 1210. The second kappa shape index (κ2) is 7.82. The van der Waals surface area contributed by atoms with Crippen LogP contribution in [0.3, 0.4) is 0 Å². The summed E-state index contributed by atoms with van der Waals surface area (Å²) in [7, 11) is 1.59. The molecular formula is C22H17N5O2. The molecule has 2 aromatic heterocycles. The summed E-state index contributed by atoms with van der Waals surface area (Å²) < 4.78 is 5.12. The lowest BCUT2D eigenvalue weighted by Crippen LogP contribution is -2.16. The van der Waals surface area contributed by atoms with Gasteiger partial charge in [0.15, 0.2) is 5.82 Å². The molecule has 0 saturated heterocycles. The monoisotopic (exact) mass is 383 g/mol. The lowest BCUT2D eigenvalue weighted by molar-refractivity contribution is -0.115. The third kappa shape index (κ3) is 3.77. The number of nitrogens with one attached hydrogen (secondary N) is 2. The van der Waals surface area contributed by atoms with Crippen LogP contribution in [-0.4, -0.2) is 28.2 Å². The molecule has 0 atom stereocenters. The highest BCUT2D eigenvalue weighted by Crippen LogP contribution is 2.28. The number of nitriles is 1. The number of aromatic nitrogens is 3. The van der Waals surface area contributed by atoms with Crippen molar-refractivity contribution in [3.8, 4) is 22.9 Å². The van der Waals surface area contributed by atoms with Crippen molar-refractivity contribution < 1.29 is 9.53 Å². The normalized spacial score (nSPS) is 10.5. The third-order valence-corrected chi connectivity index (χ3v) is 4.62. The predicted molar refractivity (Wildman–Crippen MR) is 109 cm³/mol. The van der Waals surface area contributed by atoms with Crippen LogP contribution in [0.25, 0.3) is 21.9 Å². The zero-order valence-corrected chi connectivity index (χ0v) is 15.6. The number of hydrogen-bond acceptors (Lipinski definition) is 5. The number of fused-ring (bicyclic) bond motifs is 1. The summed E-state index contributed by atoms with van der Waals surface area (Å²) in [5, 5.41) is 20.8. The Morgan fingerprint density at radius 1 is 1.17 bits per heavy atom. The van der Waals surface area contributed by atoms with Crippen LogP contribution in [0.15, 0.2) is 61.1 Å². The van der Waals surface area contributed by atoms with Crippen molar-refractivity contribution >= 4 is 22.5 Å². The van der Waals surface area contributed by atoms with Crippen molar-refractivity contribution in [1.29, 1.82) is 5.26 Å². The van der Waals surface area contributed by atoms with Crippen LogP contribution >= 0.6 is 0 Å². The zero-order chi connectivity index (χ0) is 20.2. The highest BCUT2D eigenvalue weighted by Gasteiger charge is 2.13. The number of nitrogens with zero attached hydrogens (tertiary/aromatic N) is 3. The number of carbonyl (C=O) groups excluding carboxylic acids is 1. The minimum absolute atomic E-state index is 0.170. The predicted octanol–water partition coefficient (Wildman–Crippen LogP) is 3.69. The molecule has 0 aliphatic carbocycles. The van der Waals surface area contributed by atoms with E-state index in [4.69, 9.17) is 4.74 Å². The van der Waals surface area contributed by atoms with E-state index in [1.807, 2.05) is 30.3 Å². The molecule has 0 saturated carbocycles. The Labute approximate surface area is 167 Å². The molecule has 2 heterocycles. The van der Waals surface area contributed by atoms with Crippen LogP contribution in [0.4, 0.5) is 5.82 Å².